The van der Waals surface area contributed by atoms with Crippen molar-refractivity contribution in [3.63, 3.8) is 0 Å². The van der Waals surface area contributed by atoms with Crippen molar-refractivity contribution in [1.29, 1.82) is 0 Å². The molecule has 0 aliphatic carbocycles. The molecule has 1 aromatic rings. The van der Waals surface area contributed by atoms with Crippen LogP contribution in [0.1, 0.15) is 5.56 Å². The average Bonchev–Trinajstić information content (AvgIpc) is 2.43. The third-order valence-corrected chi connectivity index (χ3v) is 3.22. The maximum Gasteiger partial charge on any atom is 0.118 e. The Kier molecular flexibility index (Phi) is 7.48. The van der Waals surface area contributed by atoms with Gasteiger partial charge in [-0.1, -0.05) is 12.1 Å². The van der Waals surface area contributed by atoms with Gasteiger partial charge in [0.1, 0.15) is 5.75 Å². The number of hydrogen-bond donors (Lipinski definition) is 1. The molecule has 0 aliphatic heterocycles. The Hall–Kier alpha value is -1.10. The van der Waals surface area contributed by atoms with Crippen molar-refractivity contribution in [2.45, 2.75) is 6.54 Å². The van der Waals surface area contributed by atoms with E-state index in [1.165, 1.54) is 5.56 Å². The largest absolute Gasteiger partial charge is 0.497 e. The molecule has 4 nitrogen and oxygen atoms in total. The van der Waals surface area contributed by atoms with Crippen molar-refractivity contribution in [3.05, 3.63) is 29.8 Å². The summed E-state index contributed by atoms with van der Waals surface area (Å²) >= 11 is 0. The Morgan fingerprint density at radius 1 is 1.00 bits per heavy atom. The highest BCUT2D eigenvalue weighted by atomic mass is 16.5. The summed E-state index contributed by atoms with van der Waals surface area (Å²) in [6.45, 7) is 5.27. The topological polar surface area (TPSA) is 27.7 Å². The summed E-state index contributed by atoms with van der Waals surface area (Å²) in [7, 11) is 8.01. The SMILES string of the molecule is CNCCN(C)CCN(C)Cc1ccc(OC)cc1. The zero-order valence-corrected chi connectivity index (χ0v) is 12.6. The van der Waals surface area contributed by atoms with Gasteiger partial charge >= 0.3 is 0 Å². The highest BCUT2D eigenvalue weighted by Crippen LogP contribution is 2.12. The maximum absolute atomic E-state index is 5.16. The van der Waals surface area contributed by atoms with Crippen molar-refractivity contribution in [2.24, 2.45) is 0 Å². The molecule has 0 spiro atoms. The highest BCUT2D eigenvalue weighted by Gasteiger charge is 2.03. The second kappa shape index (κ2) is 8.91. The van der Waals surface area contributed by atoms with E-state index in [1.54, 1.807) is 7.11 Å². The van der Waals surface area contributed by atoms with Gasteiger partial charge in [-0.2, -0.15) is 0 Å². The number of likely N-dealkylation sites (N-methyl/N-ethyl adjacent to an activating group) is 3. The summed E-state index contributed by atoms with van der Waals surface area (Å²) in [5, 5.41) is 3.17. The molecule has 0 amide bonds. The molecule has 4 heteroatoms. The first-order valence-electron chi connectivity index (χ1n) is 6.80. The van der Waals surface area contributed by atoms with Crippen LogP contribution in [-0.2, 0) is 6.54 Å². The maximum atomic E-state index is 5.16. The van der Waals surface area contributed by atoms with Crippen molar-refractivity contribution in [2.75, 3.05) is 54.4 Å². The van der Waals surface area contributed by atoms with Crippen LogP contribution in [0.25, 0.3) is 0 Å². The van der Waals surface area contributed by atoms with E-state index in [2.05, 4.69) is 41.3 Å². The molecule has 0 atom stereocenters. The number of ether oxygens (including phenoxy) is 1. The van der Waals surface area contributed by atoms with Gasteiger partial charge in [-0.25, -0.2) is 0 Å². The highest BCUT2D eigenvalue weighted by molar-refractivity contribution is 5.26. The first-order valence-corrected chi connectivity index (χ1v) is 6.80. The van der Waals surface area contributed by atoms with Gasteiger partial charge in [0.15, 0.2) is 0 Å². The summed E-state index contributed by atoms with van der Waals surface area (Å²) in [4.78, 5) is 4.69. The van der Waals surface area contributed by atoms with Gasteiger partial charge in [-0.05, 0) is 38.8 Å². The lowest BCUT2D eigenvalue weighted by Gasteiger charge is -2.22. The number of nitrogens with zero attached hydrogens (tertiary/aromatic N) is 2. The number of hydrogen-bond acceptors (Lipinski definition) is 4. The lowest BCUT2D eigenvalue weighted by atomic mass is 10.2. The van der Waals surface area contributed by atoms with E-state index < -0.39 is 0 Å². The van der Waals surface area contributed by atoms with Gasteiger partial charge < -0.3 is 19.9 Å². The van der Waals surface area contributed by atoms with Gasteiger partial charge in [-0.3, -0.25) is 0 Å². The average molecular weight is 265 g/mol. The van der Waals surface area contributed by atoms with E-state index in [4.69, 9.17) is 4.74 Å². The molecule has 0 unspecified atom stereocenters. The molecule has 1 rings (SSSR count). The second-order valence-corrected chi connectivity index (χ2v) is 4.99. The Morgan fingerprint density at radius 3 is 2.21 bits per heavy atom. The molecule has 0 fully saturated rings. The van der Waals surface area contributed by atoms with Gasteiger partial charge in [0.2, 0.25) is 0 Å². The van der Waals surface area contributed by atoms with Crippen molar-refractivity contribution < 1.29 is 4.74 Å². The van der Waals surface area contributed by atoms with Crippen molar-refractivity contribution >= 4 is 0 Å². The summed E-state index contributed by atoms with van der Waals surface area (Å²) in [6.07, 6.45) is 0. The predicted octanol–water partition coefficient (Wildman–Crippen LogP) is 1.28. The van der Waals surface area contributed by atoms with Crippen LogP contribution in [-0.4, -0.2) is 64.2 Å². The molecule has 0 bridgehead atoms. The van der Waals surface area contributed by atoms with Crippen LogP contribution in [0.15, 0.2) is 24.3 Å². The Labute approximate surface area is 117 Å². The van der Waals surface area contributed by atoms with E-state index in [0.29, 0.717) is 0 Å². The minimum absolute atomic E-state index is 0.915. The first kappa shape index (κ1) is 16.0. The van der Waals surface area contributed by atoms with Crippen LogP contribution in [0.2, 0.25) is 0 Å². The molecule has 0 aliphatic rings. The Bertz CT molecular complexity index is 340. The Balaban J connectivity index is 2.27. The molecule has 0 saturated carbocycles. The summed E-state index contributed by atoms with van der Waals surface area (Å²) < 4.78 is 5.16. The number of methoxy groups -OCH3 is 1. The van der Waals surface area contributed by atoms with Gasteiger partial charge in [0.05, 0.1) is 7.11 Å². The minimum atomic E-state index is 0.915. The van der Waals surface area contributed by atoms with Gasteiger partial charge in [0, 0.05) is 32.7 Å². The summed E-state index contributed by atoms with van der Waals surface area (Å²) in [6, 6.07) is 8.28. The fraction of sp³-hybridized carbons (Fsp3) is 0.600. The molecular weight excluding hydrogens is 238 g/mol. The smallest absolute Gasteiger partial charge is 0.118 e. The molecule has 108 valence electrons. The van der Waals surface area contributed by atoms with Gasteiger partial charge in [0.25, 0.3) is 0 Å². The molecule has 1 N–H and O–H groups in total. The standard InChI is InChI=1S/C15H27N3O/c1-16-9-10-17(2)11-12-18(3)13-14-5-7-15(19-4)8-6-14/h5-8,16H,9-13H2,1-4H3. The van der Waals surface area contributed by atoms with E-state index in [-0.39, 0.29) is 0 Å². The lowest BCUT2D eigenvalue weighted by Crippen LogP contribution is -2.34. The van der Waals surface area contributed by atoms with Gasteiger partial charge in [-0.15, -0.1) is 0 Å². The summed E-state index contributed by atoms with van der Waals surface area (Å²) in [5.41, 5.74) is 1.32. The second-order valence-electron chi connectivity index (χ2n) is 4.99. The predicted molar refractivity (Wildman–Crippen MR) is 80.8 cm³/mol. The van der Waals surface area contributed by atoms with Crippen LogP contribution in [0.4, 0.5) is 0 Å². The van der Waals surface area contributed by atoms with E-state index in [1.807, 2.05) is 19.2 Å². The normalized spacial score (nSPS) is 11.3. The van der Waals surface area contributed by atoms with Crippen LogP contribution in [0.5, 0.6) is 5.75 Å². The van der Waals surface area contributed by atoms with Crippen LogP contribution >= 0.6 is 0 Å². The third kappa shape index (κ3) is 6.57. The zero-order valence-electron chi connectivity index (χ0n) is 12.6. The van der Waals surface area contributed by atoms with E-state index >= 15 is 0 Å². The minimum Gasteiger partial charge on any atom is -0.497 e. The van der Waals surface area contributed by atoms with Crippen LogP contribution < -0.4 is 10.1 Å². The molecule has 19 heavy (non-hydrogen) atoms. The number of nitrogens with one attached hydrogen (secondary N) is 1. The monoisotopic (exact) mass is 265 g/mol. The van der Waals surface area contributed by atoms with Crippen LogP contribution in [0.3, 0.4) is 0 Å². The third-order valence-electron chi connectivity index (χ3n) is 3.22. The quantitative estimate of drug-likeness (QED) is 0.728. The molecule has 0 aromatic heterocycles. The summed E-state index contributed by atoms with van der Waals surface area (Å²) in [5.74, 6) is 0.915. The molecule has 1 aromatic carbocycles. The number of benzene rings is 1. The molecule has 0 radical (unpaired) electrons. The van der Waals surface area contributed by atoms with Crippen molar-refractivity contribution in [1.82, 2.24) is 15.1 Å². The van der Waals surface area contributed by atoms with Crippen LogP contribution in [0, 0.1) is 0 Å². The van der Waals surface area contributed by atoms with Crippen molar-refractivity contribution in [3.8, 4) is 5.75 Å². The number of rotatable bonds is 9. The molecule has 0 heterocycles. The first-order chi connectivity index (χ1) is 9.15. The van der Waals surface area contributed by atoms with E-state index in [0.717, 1.165) is 38.5 Å². The zero-order chi connectivity index (χ0) is 14.1. The fourth-order valence-corrected chi connectivity index (χ4v) is 1.88. The fourth-order valence-electron chi connectivity index (χ4n) is 1.88. The molecule has 0 saturated heterocycles. The lowest BCUT2D eigenvalue weighted by molar-refractivity contribution is 0.252. The van der Waals surface area contributed by atoms with E-state index in [9.17, 15) is 0 Å². The Morgan fingerprint density at radius 2 is 1.63 bits per heavy atom. The molecular formula is C15H27N3O.